The molecule has 23 heavy (non-hydrogen) atoms. The molecule has 1 aliphatic rings. The Hall–Kier alpha value is -2.40. The third-order valence-electron chi connectivity index (χ3n) is 4.19. The Morgan fingerprint density at radius 2 is 2.09 bits per heavy atom. The number of pyridine rings is 1. The van der Waals surface area contributed by atoms with E-state index < -0.39 is 0 Å². The monoisotopic (exact) mass is 311 g/mol. The lowest BCUT2D eigenvalue weighted by atomic mass is 10.00. The van der Waals surface area contributed by atoms with Gasteiger partial charge in [-0.15, -0.1) is 0 Å². The average molecular weight is 311 g/mol. The predicted octanol–water partition coefficient (Wildman–Crippen LogP) is 3.33. The third kappa shape index (κ3) is 4.07. The van der Waals surface area contributed by atoms with Gasteiger partial charge in [0, 0.05) is 24.7 Å². The Balaban J connectivity index is 1.66. The molecule has 5 heteroatoms. The molecule has 0 aliphatic heterocycles. The predicted molar refractivity (Wildman–Crippen MR) is 89.3 cm³/mol. The van der Waals surface area contributed by atoms with Crippen LogP contribution in [-0.2, 0) is 4.79 Å². The fraction of sp³-hybridized carbons (Fsp3) is 0.333. The zero-order valence-corrected chi connectivity index (χ0v) is 12.9. The lowest BCUT2D eigenvalue weighted by Crippen LogP contribution is -2.28. The van der Waals surface area contributed by atoms with E-state index in [1.165, 1.54) is 0 Å². The van der Waals surface area contributed by atoms with E-state index in [2.05, 4.69) is 10.3 Å². The van der Waals surface area contributed by atoms with Crippen LogP contribution in [0.15, 0.2) is 48.8 Å². The number of amides is 1. The summed E-state index contributed by atoms with van der Waals surface area (Å²) in [4.78, 5) is 16.3. The van der Waals surface area contributed by atoms with Gasteiger partial charge in [-0.3, -0.25) is 9.78 Å². The molecular weight excluding hydrogens is 290 g/mol. The van der Waals surface area contributed by atoms with Gasteiger partial charge in [-0.25, -0.2) is 0 Å². The Bertz CT molecular complexity index is 660. The van der Waals surface area contributed by atoms with Crippen LogP contribution < -0.4 is 15.8 Å². The van der Waals surface area contributed by atoms with Gasteiger partial charge in [0.2, 0.25) is 5.91 Å². The lowest BCUT2D eigenvalue weighted by Gasteiger charge is -2.16. The molecule has 1 heterocycles. The van der Waals surface area contributed by atoms with Crippen LogP contribution in [0.2, 0.25) is 0 Å². The van der Waals surface area contributed by atoms with Gasteiger partial charge in [0.15, 0.2) is 5.75 Å². The van der Waals surface area contributed by atoms with Gasteiger partial charge in [0.1, 0.15) is 11.4 Å². The van der Waals surface area contributed by atoms with Crippen LogP contribution in [0.25, 0.3) is 0 Å². The second-order valence-electron chi connectivity index (χ2n) is 5.89. The summed E-state index contributed by atoms with van der Waals surface area (Å²) >= 11 is 0. The summed E-state index contributed by atoms with van der Waals surface area (Å²) < 4.78 is 5.82. The van der Waals surface area contributed by atoms with Crippen molar-refractivity contribution in [1.82, 2.24) is 4.98 Å². The Kier molecular flexibility index (Phi) is 4.88. The Morgan fingerprint density at radius 1 is 1.26 bits per heavy atom. The highest BCUT2D eigenvalue weighted by atomic mass is 16.5. The van der Waals surface area contributed by atoms with Crippen molar-refractivity contribution in [2.24, 2.45) is 11.7 Å². The van der Waals surface area contributed by atoms with Crippen LogP contribution in [0, 0.1) is 5.92 Å². The van der Waals surface area contributed by atoms with Crippen LogP contribution in [0.4, 0.5) is 5.69 Å². The molecule has 0 saturated heterocycles. The van der Waals surface area contributed by atoms with Crippen LogP contribution >= 0.6 is 0 Å². The quantitative estimate of drug-likeness (QED) is 0.888. The van der Waals surface area contributed by atoms with Crippen molar-refractivity contribution in [3.63, 3.8) is 0 Å². The van der Waals surface area contributed by atoms with Crippen molar-refractivity contribution < 1.29 is 9.53 Å². The third-order valence-corrected chi connectivity index (χ3v) is 4.19. The highest BCUT2D eigenvalue weighted by molar-refractivity contribution is 5.92. The smallest absolute Gasteiger partial charge is 0.224 e. The van der Waals surface area contributed by atoms with E-state index in [-0.39, 0.29) is 17.9 Å². The number of nitrogens with zero attached hydrogens (tertiary/aromatic N) is 1. The molecule has 5 nitrogen and oxygen atoms in total. The number of nitrogens with two attached hydrogens (primary N) is 1. The molecule has 1 saturated carbocycles. The van der Waals surface area contributed by atoms with Gasteiger partial charge in [-0.2, -0.15) is 0 Å². The molecule has 3 rings (SSSR count). The van der Waals surface area contributed by atoms with Crippen molar-refractivity contribution in [3.8, 4) is 11.5 Å². The highest BCUT2D eigenvalue weighted by Gasteiger charge is 2.26. The van der Waals surface area contributed by atoms with Crippen LogP contribution in [0.5, 0.6) is 11.5 Å². The maximum atomic E-state index is 12.3. The molecule has 3 N–H and O–H groups in total. The minimum Gasteiger partial charge on any atom is -0.455 e. The second-order valence-corrected chi connectivity index (χ2v) is 5.89. The number of hydrogen-bond acceptors (Lipinski definition) is 4. The highest BCUT2D eigenvalue weighted by Crippen LogP contribution is 2.30. The second kappa shape index (κ2) is 7.24. The van der Waals surface area contributed by atoms with E-state index >= 15 is 0 Å². The summed E-state index contributed by atoms with van der Waals surface area (Å²) in [5.74, 6) is 1.52. The van der Waals surface area contributed by atoms with Crippen molar-refractivity contribution in [3.05, 3.63) is 48.8 Å². The number of anilines is 1. The van der Waals surface area contributed by atoms with Gasteiger partial charge < -0.3 is 15.8 Å². The summed E-state index contributed by atoms with van der Waals surface area (Å²) in [6.45, 7) is 0. The molecule has 1 amide bonds. The molecule has 2 aromatic rings. The maximum Gasteiger partial charge on any atom is 0.224 e. The zero-order valence-electron chi connectivity index (χ0n) is 12.9. The van der Waals surface area contributed by atoms with Gasteiger partial charge >= 0.3 is 0 Å². The minimum absolute atomic E-state index is 0.0433. The van der Waals surface area contributed by atoms with E-state index in [0.29, 0.717) is 23.6 Å². The number of benzene rings is 1. The summed E-state index contributed by atoms with van der Waals surface area (Å²) in [5, 5.41) is 2.90. The number of nitrogens with one attached hydrogen (secondary N) is 1. The van der Waals surface area contributed by atoms with E-state index in [4.69, 9.17) is 10.5 Å². The summed E-state index contributed by atoms with van der Waals surface area (Å²) in [6, 6.07) is 11.3. The summed E-state index contributed by atoms with van der Waals surface area (Å²) in [7, 11) is 0. The molecule has 1 aromatic carbocycles. The van der Waals surface area contributed by atoms with E-state index in [0.717, 1.165) is 19.3 Å². The first kappa shape index (κ1) is 15.5. The van der Waals surface area contributed by atoms with Crippen molar-refractivity contribution >= 4 is 11.6 Å². The lowest BCUT2D eigenvalue weighted by molar-refractivity contribution is -0.117. The number of hydrogen-bond donors (Lipinski definition) is 2. The zero-order chi connectivity index (χ0) is 16.1. The number of carbonyl (C=O) groups excluding carboxylic acids is 1. The molecule has 1 aliphatic carbocycles. The standard InChI is InChI=1S/C18H21N3O2/c19-15-8-4-5-13(15)11-18(22)21-16-12-20-10-9-17(16)23-14-6-2-1-3-7-14/h1-3,6-7,9-10,12-13,15H,4-5,8,11,19H2,(H,21,22)/t13-,15+/m0/s1. The normalized spacial score (nSPS) is 20.2. The van der Waals surface area contributed by atoms with Gasteiger partial charge in [0.05, 0.1) is 6.20 Å². The fourth-order valence-electron chi connectivity index (χ4n) is 2.94. The number of rotatable bonds is 5. The van der Waals surface area contributed by atoms with Gasteiger partial charge in [0.25, 0.3) is 0 Å². The summed E-state index contributed by atoms with van der Waals surface area (Å²) in [6.07, 6.45) is 6.82. The van der Waals surface area contributed by atoms with E-state index in [1.54, 1.807) is 18.5 Å². The molecule has 2 atom stereocenters. The number of carbonyl (C=O) groups is 1. The Labute approximate surface area is 135 Å². The van der Waals surface area contributed by atoms with Crippen molar-refractivity contribution in [1.29, 1.82) is 0 Å². The number of aromatic nitrogens is 1. The van der Waals surface area contributed by atoms with Crippen molar-refractivity contribution in [2.75, 3.05) is 5.32 Å². The maximum absolute atomic E-state index is 12.3. The van der Waals surface area contributed by atoms with E-state index in [1.807, 2.05) is 30.3 Å². The minimum atomic E-state index is -0.0433. The largest absolute Gasteiger partial charge is 0.455 e. The van der Waals surface area contributed by atoms with Crippen LogP contribution in [0.1, 0.15) is 25.7 Å². The number of para-hydroxylation sites is 1. The Morgan fingerprint density at radius 3 is 2.83 bits per heavy atom. The topological polar surface area (TPSA) is 77.2 Å². The summed E-state index contributed by atoms with van der Waals surface area (Å²) in [5.41, 5.74) is 6.61. The SMILES string of the molecule is N[C@@H]1CCC[C@H]1CC(=O)Nc1cnccc1Oc1ccccc1. The average Bonchev–Trinajstić information content (AvgIpc) is 2.95. The molecule has 0 bridgehead atoms. The van der Waals surface area contributed by atoms with E-state index in [9.17, 15) is 4.79 Å². The number of ether oxygens (including phenoxy) is 1. The molecule has 1 aromatic heterocycles. The first-order valence-corrected chi connectivity index (χ1v) is 7.95. The first-order chi connectivity index (χ1) is 11.2. The molecule has 1 fully saturated rings. The molecule has 0 unspecified atom stereocenters. The van der Waals surface area contributed by atoms with Gasteiger partial charge in [-0.1, -0.05) is 24.6 Å². The molecular formula is C18H21N3O2. The molecule has 0 spiro atoms. The molecule has 120 valence electrons. The van der Waals surface area contributed by atoms with Crippen molar-refractivity contribution in [2.45, 2.75) is 31.7 Å². The first-order valence-electron chi connectivity index (χ1n) is 7.95. The van der Waals surface area contributed by atoms with Gasteiger partial charge in [-0.05, 0) is 30.9 Å². The fourth-order valence-corrected chi connectivity index (χ4v) is 2.94. The molecule has 0 radical (unpaired) electrons. The van der Waals surface area contributed by atoms with Crippen LogP contribution in [-0.4, -0.2) is 16.9 Å². The van der Waals surface area contributed by atoms with Crippen LogP contribution in [0.3, 0.4) is 0 Å².